The molecule has 0 saturated carbocycles. The van der Waals surface area contributed by atoms with Crippen molar-refractivity contribution in [1.82, 2.24) is 0 Å². The maximum Gasteiger partial charge on any atom is 0.270 e. The highest BCUT2D eigenvalue weighted by atomic mass is 35.5. The molecule has 1 saturated heterocycles. The molecule has 1 aliphatic heterocycles. The summed E-state index contributed by atoms with van der Waals surface area (Å²) in [7, 11) is 0. The van der Waals surface area contributed by atoms with Crippen LogP contribution in [0.4, 0.5) is 17.1 Å². The number of halogens is 1. The summed E-state index contributed by atoms with van der Waals surface area (Å²) in [4.78, 5) is 25.1. The zero-order valence-corrected chi connectivity index (χ0v) is 14.5. The number of non-ortho nitro benzene ring substituents is 1. The molecule has 1 heterocycles. The average Bonchev–Trinajstić information content (AvgIpc) is 3.11. The van der Waals surface area contributed by atoms with E-state index < -0.39 is 10.8 Å². The minimum Gasteiger partial charge on any atom is -0.372 e. The van der Waals surface area contributed by atoms with Gasteiger partial charge in [0.2, 0.25) is 0 Å². The van der Waals surface area contributed by atoms with Gasteiger partial charge < -0.3 is 10.2 Å². The summed E-state index contributed by atoms with van der Waals surface area (Å²) >= 11 is 6.02. The predicted molar refractivity (Wildman–Crippen MR) is 98.7 cm³/mol. The zero-order chi connectivity index (χ0) is 18.0. The van der Waals surface area contributed by atoms with Gasteiger partial charge >= 0.3 is 0 Å². The molecule has 0 unspecified atom stereocenters. The van der Waals surface area contributed by atoms with Gasteiger partial charge in [0.25, 0.3) is 11.6 Å². The van der Waals surface area contributed by atoms with Crippen LogP contribution in [0.15, 0.2) is 36.4 Å². The van der Waals surface area contributed by atoms with Crippen LogP contribution in [0.25, 0.3) is 0 Å². The first-order valence-corrected chi connectivity index (χ1v) is 8.44. The fraction of sp³-hybridized carbons (Fsp3) is 0.278. The Balaban J connectivity index is 1.81. The van der Waals surface area contributed by atoms with Gasteiger partial charge in [-0.15, -0.1) is 0 Å². The second-order valence-corrected chi connectivity index (χ2v) is 6.48. The Morgan fingerprint density at radius 1 is 1.20 bits per heavy atom. The van der Waals surface area contributed by atoms with E-state index in [0.717, 1.165) is 24.3 Å². The van der Waals surface area contributed by atoms with E-state index in [2.05, 4.69) is 10.2 Å². The quantitative estimate of drug-likeness (QED) is 0.648. The molecule has 0 spiro atoms. The fourth-order valence-corrected chi connectivity index (χ4v) is 3.15. The van der Waals surface area contributed by atoms with Gasteiger partial charge in [-0.2, -0.15) is 0 Å². The van der Waals surface area contributed by atoms with Gasteiger partial charge in [-0.25, -0.2) is 0 Å². The summed E-state index contributed by atoms with van der Waals surface area (Å²) in [6.45, 7) is 4.02. The van der Waals surface area contributed by atoms with E-state index in [4.69, 9.17) is 11.6 Å². The van der Waals surface area contributed by atoms with E-state index in [0.29, 0.717) is 5.69 Å². The summed E-state index contributed by atoms with van der Waals surface area (Å²) < 4.78 is 0. The van der Waals surface area contributed by atoms with Gasteiger partial charge in [-0.1, -0.05) is 11.6 Å². The summed E-state index contributed by atoms with van der Waals surface area (Å²) in [6.07, 6.45) is 2.39. The van der Waals surface area contributed by atoms with E-state index in [1.165, 1.54) is 31.0 Å². The molecule has 6 nitrogen and oxygen atoms in total. The number of amides is 1. The summed E-state index contributed by atoms with van der Waals surface area (Å²) in [6, 6.07) is 9.68. The van der Waals surface area contributed by atoms with Crippen LogP contribution in [0.5, 0.6) is 0 Å². The molecule has 1 amide bonds. The van der Waals surface area contributed by atoms with Crippen molar-refractivity contribution >= 4 is 34.6 Å². The van der Waals surface area contributed by atoms with Crippen LogP contribution in [0.1, 0.15) is 28.8 Å². The molecule has 1 N–H and O–H groups in total. The Bertz CT molecular complexity index is 832. The molecule has 25 heavy (non-hydrogen) atoms. The highest BCUT2D eigenvalue weighted by Crippen LogP contribution is 2.27. The van der Waals surface area contributed by atoms with Crippen LogP contribution >= 0.6 is 11.6 Å². The molecular formula is C18H18ClN3O3. The Morgan fingerprint density at radius 3 is 2.56 bits per heavy atom. The minimum atomic E-state index is -0.552. The molecule has 130 valence electrons. The lowest BCUT2D eigenvalue weighted by molar-refractivity contribution is -0.384. The SMILES string of the molecule is Cc1cc(N2CCCC2)ccc1NC(=O)c1cc([N+](=O)[O-])ccc1Cl. The monoisotopic (exact) mass is 359 g/mol. The van der Waals surface area contributed by atoms with E-state index in [1.807, 2.05) is 25.1 Å². The van der Waals surface area contributed by atoms with Gasteiger partial charge in [0.15, 0.2) is 0 Å². The smallest absolute Gasteiger partial charge is 0.270 e. The van der Waals surface area contributed by atoms with Crippen LogP contribution < -0.4 is 10.2 Å². The summed E-state index contributed by atoms with van der Waals surface area (Å²) in [5.74, 6) is -0.467. The topological polar surface area (TPSA) is 75.5 Å². The maximum atomic E-state index is 12.5. The number of anilines is 2. The first-order valence-electron chi connectivity index (χ1n) is 8.06. The van der Waals surface area contributed by atoms with Gasteiger partial charge in [0.05, 0.1) is 15.5 Å². The number of nitro benzene ring substituents is 1. The average molecular weight is 360 g/mol. The van der Waals surface area contributed by atoms with Crippen molar-refractivity contribution < 1.29 is 9.72 Å². The number of hydrogen-bond acceptors (Lipinski definition) is 4. The second-order valence-electron chi connectivity index (χ2n) is 6.07. The summed E-state index contributed by atoms with van der Waals surface area (Å²) in [5.41, 5.74) is 2.64. The molecule has 0 aliphatic carbocycles. The molecule has 1 fully saturated rings. The van der Waals surface area contributed by atoms with Crippen molar-refractivity contribution in [3.05, 3.63) is 62.7 Å². The lowest BCUT2D eigenvalue weighted by Gasteiger charge is -2.19. The summed E-state index contributed by atoms with van der Waals surface area (Å²) in [5, 5.41) is 13.9. The second kappa shape index (κ2) is 7.11. The lowest BCUT2D eigenvalue weighted by atomic mass is 10.1. The third-order valence-electron chi connectivity index (χ3n) is 4.33. The Labute approximate surface area is 150 Å². The van der Waals surface area contributed by atoms with Crippen LogP contribution in [-0.2, 0) is 0 Å². The first kappa shape index (κ1) is 17.2. The minimum absolute atomic E-state index is 0.0823. The van der Waals surface area contributed by atoms with Crippen LogP contribution in [0, 0.1) is 17.0 Å². The number of nitro groups is 1. The van der Waals surface area contributed by atoms with Crippen LogP contribution in [-0.4, -0.2) is 23.9 Å². The molecular weight excluding hydrogens is 342 g/mol. The Kier molecular flexibility index (Phi) is 4.90. The number of nitrogens with zero attached hydrogens (tertiary/aromatic N) is 2. The molecule has 7 heteroatoms. The standard InChI is InChI=1S/C18H18ClN3O3/c1-12-10-13(21-8-2-3-9-21)5-7-17(12)20-18(23)15-11-14(22(24)25)4-6-16(15)19/h4-7,10-11H,2-3,8-9H2,1H3,(H,20,23). The number of carbonyl (C=O) groups is 1. The van der Waals surface area contributed by atoms with Crippen molar-refractivity contribution in [3.8, 4) is 0 Å². The molecule has 0 atom stereocenters. The van der Waals surface area contributed by atoms with Crippen molar-refractivity contribution in [1.29, 1.82) is 0 Å². The molecule has 3 rings (SSSR count). The Morgan fingerprint density at radius 2 is 1.92 bits per heavy atom. The lowest BCUT2D eigenvalue weighted by Crippen LogP contribution is -2.18. The van der Waals surface area contributed by atoms with Crippen molar-refractivity contribution in [3.63, 3.8) is 0 Å². The number of nitrogens with one attached hydrogen (secondary N) is 1. The van der Waals surface area contributed by atoms with Crippen LogP contribution in [0.3, 0.4) is 0 Å². The van der Waals surface area contributed by atoms with Gasteiger partial charge in [-0.3, -0.25) is 14.9 Å². The number of aryl methyl sites for hydroxylation is 1. The molecule has 1 aliphatic rings. The van der Waals surface area contributed by atoms with E-state index >= 15 is 0 Å². The van der Waals surface area contributed by atoms with Crippen LogP contribution in [0.2, 0.25) is 5.02 Å². The third-order valence-corrected chi connectivity index (χ3v) is 4.66. The highest BCUT2D eigenvalue weighted by molar-refractivity contribution is 6.34. The maximum absolute atomic E-state index is 12.5. The van der Waals surface area contributed by atoms with E-state index in [9.17, 15) is 14.9 Å². The first-order chi connectivity index (χ1) is 12.0. The van der Waals surface area contributed by atoms with Crippen molar-refractivity contribution in [2.75, 3.05) is 23.3 Å². The van der Waals surface area contributed by atoms with Gasteiger partial charge in [0, 0.05) is 36.6 Å². The highest BCUT2D eigenvalue weighted by Gasteiger charge is 2.17. The predicted octanol–water partition coefficient (Wildman–Crippen LogP) is 4.41. The Hall–Kier alpha value is -2.60. The molecule has 0 bridgehead atoms. The molecule has 2 aromatic carbocycles. The van der Waals surface area contributed by atoms with Gasteiger partial charge in [0.1, 0.15) is 0 Å². The van der Waals surface area contributed by atoms with Gasteiger partial charge in [-0.05, 0) is 49.6 Å². The van der Waals surface area contributed by atoms with E-state index in [-0.39, 0.29) is 16.3 Å². The fourth-order valence-electron chi connectivity index (χ4n) is 2.95. The number of benzene rings is 2. The molecule has 0 aromatic heterocycles. The number of rotatable bonds is 4. The zero-order valence-electron chi connectivity index (χ0n) is 13.8. The molecule has 0 radical (unpaired) electrons. The normalized spacial score (nSPS) is 13.8. The largest absolute Gasteiger partial charge is 0.372 e. The number of hydrogen-bond donors (Lipinski definition) is 1. The van der Waals surface area contributed by atoms with Crippen molar-refractivity contribution in [2.24, 2.45) is 0 Å². The number of carbonyl (C=O) groups excluding carboxylic acids is 1. The van der Waals surface area contributed by atoms with Crippen molar-refractivity contribution in [2.45, 2.75) is 19.8 Å². The third kappa shape index (κ3) is 3.74. The van der Waals surface area contributed by atoms with E-state index in [1.54, 1.807) is 0 Å². The molecule has 2 aromatic rings.